The maximum Gasteiger partial charge on any atom is 0.143 e. The second kappa shape index (κ2) is 4.25. The normalized spacial score (nSPS) is 11.9. The van der Waals surface area contributed by atoms with Crippen LogP contribution >= 0.6 is 11.6 Å². The highest BCUT2D eigenvalue weighted by atomic mass is 35.5. The minimum Gasteiger partial charge on any atom is -0.455 e. The topological polar surface area (TPSA) is 13.1 Å². The van der Waals surface area contributed by atoms with Gasteiger partial charge in [-0.3, -0.25) is 0 Å². The van der Waals surface area contributed by atoms with E-state index in [1.54, 1.807) is 0 Å². The molecule has 2 heteroatoms. The lowest BCUT2D eigenvalue weighted by atomic mass is 9.97. The van der Waals surface area contributed by atoms with Crippen molar-refractivity contribution < 1.29 is 4.42 Å². The summed E-state index contributed by atoms with van der Waals surface area (Å²) in [5, 5.41) is 7.71. The summed E-state index contributed by atoms with van der Waals surface area (Å²) in [5.41, 5.74) is 1.85. The Labute approximate surface area is 131 Å². The molecule has 0 fully saturated rings. The first kappa shape index (κ1) is 12.1. The van der Waals surface area contributed by atoms with Gasteiger partial charge in [0.05, 0.1) is 0 Å². The molecule has 0 radical (unpaired) electrons. The van der Waals surface area contributed by atoms with Gasteiger partial charge in [-0.05, 0) is 34.4 Å². The van der Waals surface area contributed by atoms with Crippen LogP contribution in [-0.2, 0) is 0 Å². The van der Waals surface area contributed by atoms with Gasteiger partial charge in [0.1, 0.15) is 11.2 Å². The number of hydrogen-bond donors (Lipinski definition) is 0. The number of benzene rings is 4. The fourth-order valence-corrected chi connectivity index (χ4v) is 3.55. The van der Waals surface area contributed by atoms with Gasteiger partial charge in [0, 0.05) is 21.2 Å². The van der Waals surface area contributed by atoms with Crippen LogP contribution < -0.4 is 0 Å². The van der Waals surface area contributed by atoms with E-state index >= 15 is 0 Å². The Morgan fingerprint density at radius 2 is 1.32 bits per heavy atom. The van der Waals surface area contributed by atoms with Crippen LogP contribution in [0.5, 0.6) is 0 Å². The minimum absolute atomic E-state index is 0.745. The zero-order valence-electron chi connectivity index (χ0n) is 11.6. The lowest BCUT2D eigenvalue weighted by Gasteiger charge is -2.06. The van der Waals surface area contributed by atoms with Crippen molar-refractivity contribution in [3.63, 3.8) is 0 Å². The molecule has 0 spiro atoms. The first-order chi connectivity index (χ1) is 10.8. The smallest absolute Gasteiger partial charge is 0.143 e. The van der Waals surface area contributed by atoms with Crippen LogP contribution in [0.25, 0.3) is 43.5 Å². The molecule has 0 saturated heterocycles. The van der Waals surface area contributed by atoms with Gasteiger partial charge in [-0.15, -0.1) is 0 Å². The van der Waals surface area contributed by atoms with Gasteiger partial charge in [0.15, 0.2) is 0 Å². The minimum atomic E-state index is 0.745. The summed E-state index contributed by atoms with van der Waals surface area (Å²) in [5.74, 6) is 0. The van der Waals surface area contributed by atoms with E-state index in [9.17, 15) is 0 Å². The second-order valence-electron chi connectivity index (χ2n) is 5.54. The molecule has 0 aliphatic heterocycles. The van der Waals surface area contributed by atoms with Crippen molar-refractivity contribution in [3.05, 3.63) is 71.8 Å². The average molecular weight is 303 g/mol. The molecule has 5 aromatic rings. The van der Waals surface area contributed by atoms with Crippen LogP contribution in [-0.4, -0.2) is 0 Å². The third-order valence-corrected chi connectivity index (χ3v) is 4.54. The predicted molar refractivity (Wildman–Crippen MR) is 93.7 cm³/mol. The number of para-hydroxylation sites is 1. The summed E-state index contributed by atoms with van der Waals surface area (Å²) in [4.78, 5) is 0. The van der Waals surface area contributed by atoms with Crippen LogP contribution in [0.3, 0.4) is 0 Å². The standard InChI is InChI=1S/C20H11ClO/c21-12-9-10-14-13-5-1-2-6-15(13)20-19(17(14)11-12)16-7-3-4-8-18(16)22-20/h1-11H. The summed E-state index contributed by atoms with van der Waals surface area (Å²) >= 11 is 6.26. The van der Waals surface area contributed by atoms with E-state index < -0.39 is 0 Å². The zero-order chi connectivity index (χ0) is 14.7. The van der Waals surface area contributed by atoms with Crippen molar-refractivity contribution in [1.82, 2.24) is 0 Å². The molecule has 4 aromatic carbocycles. The fourth-order valence-electron chi connectivity index (χ4n) is 3.38. The first-order valence-corrected chi connectivity index (χ1v) is 7.62. The lowest BCUT2D eigenvalue weighted by molar-refractivity contribution is 0.673. The van der Waals surface area contributed by atoms with Crippen LogP contribution in [0.15, 0.2) is 71.1 Å². The molecule has 104 valence electrons. The van der Waals surface area contributed by atoms with Gasteiger partial charge >= 0.3 is 0 Å². The molecule has 1 aromatic heterocycles. The molecule has 0 saturated carbocycles. The molecular weight excluding hydrogens is 292 g/mol. The summed E-state index contributed by atoms with van der Waals surface area (Å²) in [6.45, 7) is 0. The molecule has 0 amide bonds. The third kappa shape index (κ3) is 1.49. The lowest BCUT2D eigenvalue weighted by Crippen LogP contribution is -1.80. The monoisotopic (exact) mass is 302 g/mol. The van der Waals surface area contributed by atoms with E-state index in [0.717, 1.165) is 37.7 Å². The van der Waals surface area contributed by atoms with Gasteiger partial charge in [-0.2, -0.15) is 0 Å². The van der Waals surface area contributed by atoms with Crippen LogP contribution in [0.1, 0.15) is 0 Å². The maximum absolute atomic E-state index is 6.26. The van der Waals surface area contributed by atoms with Crippen LogP contribution in [0.4, 0.5) is 0 Å². The molecule has 22 heavy (non-hydrogen) atoms. The van der Waals surface area contributed by atoms with Crippen molar-refractivity contribution >= 4 is 55.1 Å². The van der Waals surface area contributed by atoms with Crippen molar-refractivity contribution in [2.24, 2.45) is 0 Å². The van der Waals surface area contributed by atoms with Crippen LogP contribution in [0.2, 0.25) is 5.02 Å². The molecule has 0 bridgehead atoms. The third-order valence-electron chi connectivity index (χ3n) is 4.31. The van der Waals surface area contributed by atoms with Crippen molar-refractivity contribution in [1.29, 1.82) is 0 Å². The Morgan fingerprint density at radius 3 is 2.18 bits per heavy atom. The van der Waals surface area contributed by atoms with Gasteiger partial charge in [-0.25, -0.2) is 0 Å². The highest BCUT2D eigenvalue weighted by Gasteiger charge is 2.15. The summed E-state index contributed by atoms with van der Waals surface area (Å²) in [6.07, 6.45) is 0. The fraction of sp³-hybridized carbons (Fsp3) is 0. The van der Waals surface area contributed by atoms with Gasteiger partial charge in [0.25, 0.3) is 0 Å². The second-order valence-corrected chi connectivity index (χ2v) is 5.97. The molecule has 0 N–H and O–H groups in total. The van der Waals surface area contributed by atoms with E-state index in [4.69, 9.17) is 16.0 Å². The van der Waals surface area contributed by atoms with E-state index in [2.05, 4.69) is 36.4 Å². The Hall–Kier alpha value is -2.51. The number of hydrogen-bond acceptors (Lipinski definition) is 1. The quantitative estimate of drug-likeness (QED) is 0.296. The van der Waals surface area contributed by atoms with Gasteiger partial charge < -0.3 is 4.42 Å². The Bertz CT molecular complexity index is 1180. The van der Waals surface area contributed by atoms with Crippen molar-refractivity contribution in [2.75, 3.05) is 0 Å². The molecule has 0 aliphatic carbocycles. The highest BCUT2D eigenvalue weighted by molar-refractivity contribution is 6.35. The van der Waals surface area contributed by atoms with Gasteiger partial charge in [-0.1, -0.05) is 60.1 Å². The summed E-state index contributed by atoms with van der Waals surface area (Å²) < 4.78 is 6.17. The maximum atomic E-state index is 6.26. The average Bonchev–Trinajstić information content (AvgIpc) is 2.95. The largest absolute Gasteiger partial charge is 0.455 e. The van der Waals surface area contributed by atoms with Crippen molar-refractivity contribution in [2.45, 2.75) is 0 Å². The van der Waals surface area contributed by atoms with Crippen LogP contribution in [0, 0.1) is 0 Å². The van der Waals surface area contributed by atoms with E-state index in [1.807, 2.05) is 30.3 Å². The first-order valence-electron chi connectivity index (χ1n) is 7.24. The summed E-state index contributed by atoms with van der Waals surface area (Å²) in [7, 11) is 0. The Balaban J connectivity index is 2.23. The molecular formula is C20H11ClO. The molecule has 0 unspecified atom stereocenters. The molecule has 0 aliphatic rings. The molecule has 5 rings (SSSR count). The van der Waals surface area contributed by atoms with Gasteiger partial charge in [0.2, 0.25) is 0 Å². The zero-order valence-corrected chi connectivity index (χ0v) is 12.4. The number of halogens is 1. The molecule has 1 heterocycles. The van der Waals surface area contributed by atoms with E-state index in [0.29, 0.717) is 0 Å². The Kier molecular flexibility index (Phi) is 2.33. The van der Waals surface area contributed by atoms with E-state index in [-0.39, 0.29) is 0 Å². The summed E-state index contributed by atoms with van der Waals surface area (Å²) in [6, 6.07) is 22.6. The van der Waals surface area contributed by atoms with E-state index in [1.165, 1.54) is 10.8 Å². The number of fused-ring (bicyclic) bond motifs is 8. The number of furan rings is 1. The van der Waals surface area contributed by atoms with Crippen molar-refractivity contribution in [3.8, 4) is 0 Å². The molecule has 0 atom stereocenters. The highest BCUT2D eigenvalue weighted by Crippen LogP contribution is 2.41. The SMILES string of the molecule is Clc1ccc2c3ccccc3c3oc4ccccc4c3c2c1. The Morgan fingerprint density at radius 1 is 0.636 bits per heavy atom. The molecule has 1 nitrogen and oxygen atoms in total. The number of rotatable bonds is 0. The predicted octanol–water partition coefficient (Wildman–Crippen LogP) is 6.55.